The van der Waals surface area contributed by atoms with Gasteiger partial charge in [-0.2, -0.15) is 0 Å². The van der Waals surface area contributed by atoms with Gasteiger partial charge in [-0.15, -0.1) is 0 Å². The van der Waals surface area contributed by atoms with E-state index in [1.807, 2.05) is 31.2 Å². The first-order chi connectivity index (χ1) is 12.1. The van der Waals surface area contributed by atoms with Gasteiger partial charge in [0.2, 0.25) is 0 Å². The van der Waals surface area contributed by atoms with Crippen LogP contribution in [0.25, 0.3) is 0 Å². The Labute approximate surface area is 146 Å². The largest absolute Gasteiger partial charge is 0.398 e. The van der Waals surface area contributed by atoms with Crippen molar-refractivity contribution in [2.75, 3.05) is 17.7 Å². The van der Waals surface area contributed by atoms with Crippen LogP contribution >= 0.6 is 0 Å². The molecule has 2 aromatic rings. The zero-order valence-corrected chi connectivity index (χ0v) is 14.2. The van der Waals surface area contributed by atoms with E-state index in [2.05, 4.69) is 15.3 Å². The highest BCUT2D eigenvalue weighted by Gasteiger charge is 2.21. The predicted molar refractivity (Wildman–Crippen MR) is 98.5 cm³/mol. The number of anilines is 2. The molecule has 2 atom stereocenters. The maximum Gasteiger partial charge on any atom is 0.261 e. The summed E-state index contributed by atoms with van der Waals surface area (Å²) in [6, 6.07) is 7.67. The van der Waals surface area contributed by atoms with Crippen molar-refractivity contribution in [2.45, 2.75) is 38.3 Å². The van der Waals surface area contributed by atoms with Crippen molar-refractivity contribution in [1.82, 2.24) is 9.97 Å². The average Bonchev–Trinajstić information content (AvgIpc) is 2.57. The summed E-state index contributed by atoms with van der Waals surface area (Å²) in [5.41, 5.74) is 7.46. The average molecular weight is 341 g/mol. The second-order valence-corrected chi connectivity index (χ2v) is 6.34. The maximum absolute atomic E-state index is 12.3. The molecule has 0 radical (unpaired) electrons. The summed E-state index contributed by atoms with van der Waals surface area (Å²) in [5.74, 6) is 0.971. The predicted octanol–water partition coefficient (Wildman–Crippen LogP) is 1.92. The van der Waals surface area contributed by atoms with Crippen LogP contribution in [0.15, 0.2) is 29.1 Å². The van der Waals surface area contributed by atoms with Crippen LogP contribution in [0.4, 0.5) is 11.5 Å². The van der Waals surface area contributed by atoms with Crippen molar-refractivity contribution >= 4 is 17.7 Å². The number of benzene rings is 1. The van der Waals surface area contributed by atoms with Gasteiger partial charge in [0.1, 0.15) is 11.6 Å². The van der Waals surface area contributed by atoms with Crippen molar-refractivity contribution in [3.05, 3.63) is 51.6 Å². The summed E-state index contributed by atoms with van der Waals surface area (Å²) < 4.78 is 5.55. The molecule has 3 rings (SSSR count). The van der Waals surface area contributed by atoms with Gasteiger partial charge < -0.3 is 26.2 Å². The number of nitrogens with one attached hydrogen (secondary N) is 3. The number of hydrogen-bond donors (Lipinski definition) is 4. The van der Waals surface area contributed by atoms with Crippen molar-refractivity contribution in [3.63, 3.8) is 0 Å². The SMILES string of the molecule is C[C@@H]1C[C@H](Nc2nc(Cc3ccccc3N)[nH]c(=O)c2C=N)CCO1. The van der Waals surface area contributed by atoms with Crippen LogP contribution in [0.5, 0.6) is 0 Å². The Hall–Kier alpha value is -2.67. The normalized spacial score (nSPS) is 20.2. The van der Waals surface area contributed by atoms with Gasteiger partial charge in [-0.1, -0.05) is 18.2 Å². The third-order valence-corrected chi connectivity index (χ3v) is 4.39. The number of aromatic nitrogens is 2. The van der Waals surface area contributed by atoms with Crippen molar-refractivity contribution in [1.29, 1.82) is 5.41 Å². The third kappa shape index (κ3) is 4.06. The Bertz CT molecular complexity index is 817. The highest BCUT2D eigenvalue weighted by atomic mass is 16.5. The van der Waals surface area contributed by atoms with Gasteiger partial charge in [-0.25, -0.2) is 4.98 Å². The Morgan fingerprint density at radius 3 is 3.00 bits per heavy atom. The van der Waals surface area contributed by atoms with Gasteiger partial charge in [-0.05, 0) is 31.4 Å². The number of para-hydroxylation sites is 1. The van der Waals surface area contributed by atoms with E-state index in [-0.39, 0.29) is 23.3 Å². The number of nitrogens with zero attached hydrogens (tertiary/aromatic N) is 1. The first-order valence-electron chi connectivity index (χ1n) is 8.42. The van der Waals surface area contributed by atoms with Crippen LogP contribution in [0.2, 0.25) is 0 Å². The van der Waals surface area contributed by atoms with Gasteiger partial charge >= 0.3 is 0 Å². The molecule has 0 unspecified atom stereocenters. The summed E-state index contributed by atoms with van der Waals surface area (Å²) in [5, 5.41) is 10.9. The third-order valence-electron chi connectivity index (χ3n) is 4.39. The number of H-pyrrole nitrogens is 1. The van der Waals surface area contributed by atoms with E-state index < -0.39 is 0 Å². The Kier molecular flexibility index (Phi) is 5.14. The fourth-order valence-electron chi connectivity index (χ4n) is 3.05. The van der Waals surface area contributed by atoms with Crippen LogP contribution in [-0.2, 0) is 11.2 Å². The summed E-state index contributed by atoms with van der Waals surface area (Å²) >= 11 is 0. The molecule has 1 aromatic heterocycles. The summed E-state index contributed by atoms with van der Waals surface area (Å²) in [6.45, 7) is 2.70. The first kappa shape index (κ1) is 17.2. The minimum absolute atomic E-state index is 0.167. The Morgan fingerprint density at radius 1 is 1.48 bits per heavy atom. The van der Waals surface area contributed by atoms with Gasteiger partial charge in [0.05, 0.1) is 11.7 Å². The zero-order valence-electron chi connectivity index (χ0n) is 14.2. The number of aromatic amines is 1. The molecule has 1 aliphatic heterocycles. The lowest BCUT2D eigenvalue weighted by atomic mass is 10.0. The summed E-state index contributed by atoms with van der Waals surface area (Å²) in [7, 11) is 0. The second-order valence-electron chi connectivity index (χ2n) is 6.34. The fraction of sp³-hybridized carbons (Fsp3) is 0.389. The number of rotatable bonds is 5. The molecule has 5 N–H and O–H groups in total. The minimum Gasteiger partial charge on any atom is -0.398 e. The minimum atomic E-state index is -0.322. The van der Waals surface area contributed by atoms with E-state index >= 15 is 0 Å². The van der Waals surface area contributed by atoms with E-state index in [9.17, 15) is 4.79 Å². The molecule has 2 heterocycles. The molecule has 7 heteroatoms. The highest BCUT2D eigenvalue weighted by molar-refractivity contribution is 5.83. The Balaban J connectivity index is 1.88. The molecule has 7 nitrogen and oxygen atoms in total. The maximum atomic E-state index is 12.3. The molecule has 132 valence electrons. The van der Waals surface area contributed by atoms with E-state index in [0.29, 0.717) is 30.4 Å². The molecule has 1 saturated heterocycles. The lowest BCUT2D eigenvalue weighted by molar-refractivity contribution is 0.0231. The van der Waals surface area contributed by atoms with Crippen molar-refractivity contribution in [2.24, 2.45) is 0 Å². The van der Waals surface area contributed by atoms with Crippen molar-refractivity contribution < 1.29 is 4.74 Å². The number of ether oxygens (including phenoxy) is 1. The number of hydrogen-bond acceptors (Lipinski definition) is 6. The number of nitrogens with two attached hydrogens (primary N) is 1. The van der Waals surface area contributed by atoms with E-state index in [1.54, 1.807) is 0 Å². The molecule has 0 saturated carbocycles. The van der Waals surface area contributed by atoms with Gasteiger partial charge in [0, 0.05) is 31.0 Å². The quantitative estimate of drug-likeness (QED) is 0.490. The lowest BCUT2D eigenvalue weighted by Gasteiger charge is -2.28. The molecular formula is C18H23N5O2. The van der Waals surface area contributed by atoms with Crippen molar-refractivity contribution in [3.8, 4) is 0 Å². The van der Waals surface area contributed by atoms with E-state index in [0.717, 1.165) is 24.6 Å². The molecule has 0 spiro atoms. The van der Waals surface area contributed by atoms with Gasteiger partial charge in [0.15, 0.2) is 0 Å². The molecule has 0 aliphatic carbocycles. The van der Waals surface area contributed by atoms with Crippen LogP contribution in [0.3, 0.4) is 0 Å². The molecule has 0 amide bonds. The van der Waals surface area contributed by atoms with Crippen LogP contribution in [0.1, 0.15) is 36.7 Å². The lowest BCUT2D eigenvalue weighted by Crippen LogP contribution is -2.34. The highest BCUT2D eigenvalue weighted by Crippen LogP contribution is 2.19. The smallest absolute Gasteiger partial charge is 0.261 e. The van der Waals surface area contributed by atoms with Gasteiger partial charge in [-0.3, -0.25) is 4.79 Å². The first-order valence-corrected chi connectivity index (χ1v) is 8.42. The topological polar surface area (TPSA) is 117 Å². The molecule has 25 heavy (non-hydrogen) atoms. The molecule has 1 aromatic carbocycles. The number of nitrogen functional groups attached to an aromatic ring is 1. The Morgan fingerprint density at radius 2 is 2.28 bits per heavy atom. The molecule has 1 aliphatic rings. The van der Waals surface area contributed by atoms with Crippen LogP contribution in [0, 0.1) is 5.41 Å². The standard InChI is InChI=1S/C18H23N5O2/c1-11-8-13(6-7-25-11)21-17-14(10-19)18(24)23-16(22-17)9-12-4-2-3-5-15(12)20/h2-5,10-11,13,19H,6-9,20H2,1H3,(H2,21,22,23,24)/t11-,13-/m1/s1. The zero-order chi connectivity index (χ0) is 17.8. The molecule has 0 bridgehead atoms. The monoisotopic (exact) mass is 341 g/mol. The molecular weight excluding hydrogens is 318 g/mol. The molecule has 1 fully saturated rings. The summed E-state index contributed by atoms with van der Waals surface area (Å²) in [4.78, 5) is 19.6. The fourth-order valence-corrected chi connectivity index (χ4v) is 3.05. The van der Waals surface area contributed by atoms with Gasteiger partial charge in [0.25, 0.3) is 5.56 Å². The van der Waals surface area contributed by atoms with Crippen LogP contribution < -0.4 is 16.6 Å². The summed E-state index contributed by atoms with van der Waals surface area (Å²) in [6.07, 6.45) is 3.32. The van der Waals surface area contributed by atoms with Crippen LogP contribution in [-0.4, -0.2) is 34.9 Å². The van der Waals surface area contributed by atoms with E-state index in [1.165, 1.54) is 0 Å². The van der Waals surface area contributed by atoms with E-state index in [4.69, 9.17) is 15.9 Å². The second kappa shape index (κ2) is 7.48.